The predicted octanol–water partition coefficient (Wildman–Crippen LogP) is 1.11. The van der Waals surface area contributed by atoms with Crippen molar-refractivity contribution in [2.24, 2.45) is 7.05 Å². The minimum absolute atomic E-state index is 0.288. The second-order valence-electron chi connectivity index (χ2n) is 6.97. The zero-order chi connectivity index (χ0) is 16.7. The largest absolute Gasteiger partial charge is 0.374 e. The van der Waals surface area contributed by atoms with E-state index in [9.17, 15) is 0 Å². The Morgan fingerprint density at radius 3 is 2.83 bits per heavy atom. The van der Waals surface area contributed by atoms with E-state index in [1.165, 1.54) is 11.1 Å². The maximum atomic E-state index is 6.04. The van der Waals surface area contributed by atoms with Crippen molar-refractivity contribution >= 4 is 0 Å². The molecule has 130 valence electrons. The summed E-state index contributed by atoms with van der Waals surface area (Å²) >= 11 is 0. The minimum atomic E-state index is 0.288. The fraction of sp³-hybridized carbons (Fsp3) is 0.647. The van der Waals surface area contributed by atoms with Gasteiger partial charge in [-0.05, 0) is 13.8 Å². The zero-order valence-electron chi connectivity index (χ0n) is 14.6. The standard InChI is InChI=1S/C17H25N5O2/c1-12-15(13(2)24-19-12)9-22-4-5-23-17-11-21(10-16(17)22)8-14-6-18-20(3)7-14/h6-7,16-17H,4-5,8-11H2,1-3H3/t16-,17+/m1/s1. The molecular weight excluding hydrogens is 306 g/mol. The highest BCUT2D eigenvalue weighted by Gasteiger charge is 2.40. The molecule has 2 aliphatic rings. The molecule has 0 spiro atoms. The van der Waals surface area contributed by atoms with Gasteiger partial charge in [-0.25, -0.2) is 0 Å². The van der Waals surface area contributed by atoms with Gasteiger partial charge in [-0.2, -0.15) is 5.10 Å². The van der Waals surface area contributed by atoms with Gasteiger partial charge in [0.2, 0.25) is 0 Å². The molecule has 0 aromatic carbocycles. The van der Waals surface area contributed by atoms with Gasteiger partial charge in [-0.3, -0.25) is 14.5 Å². The Morgan fingerprint density at radius 2 is 2.12 bits per heavy atom. The van der Waals surface area contributed by atoms with Gasteiger partial charge in [-0.1, -0.05) is 5.16 Å². The number of likely N-dealkylation sites (tertiary alicyclic amines) is 1. The van der Waals surface area contributed by atoms with E-state index in [0.717, 1.165) is 50.8 Å². The third-order valence-electron chi connectivity index (χ3n) is 5.20. The van der Waals surface area contributed by atoms with Crippen LogP contribution in [0.4, 0.5) is 0 Å². The van der Waals surface area contributed by atoms with Crippen LogP contribution in [0.3, 0.4) is 0 Å². The highest BCUT2D eigenvalue weighted by Crippen LogP contribution is 2.27. The zero-order valence-corrected chi connectivity index (χ0v) is 14.6. The summed E-state index contributed by atoms with van der Waals surface area (Å²) in [4.78, 5) is 5.00. The molecule has 0 bridgehead atoms. The Hall–Kier alpha value is -1.70. The van der Waals surface area contributed by atoms with Gasteiger partial charge in [0.1, 0.15) is 5.76 Å². The molecule has 0 unspecified atom stereocenters. The number of ether oxygens (including phenoxy) is 1. The number of hydrogen-bond donors (Lipinski definition) is 0. The van der Waals surface area contributed by atoms with Crippen LogP contribution < -0.4 is 0 Å². The highest BCUT2D eigenvalue weighted by atomic mass is 16.5. The van der Waals surface area contributed by atoms with Crippen molar-refractivity contribution < 1.29 is 9.26 Å². The number of fused-ring (bicyclic) bond motifs is 1. The van der Waals surface area contributed by atoms with E-state index in [1.54, 1.807) is 0 Å². The highest BCUT2D eigenvalue weighted by molar-refractivity contribution is 5.21. The molecule has 0 saturated carbocycles. The number of rotatable bonds is 4. The van der Waals surface area contributed by atoms with Crippen molar-refractivity contribution in [3.05, 3.63) is 35.0 Å². The summed E-state index contributed by atoms with van der Waals surface area (Å²) in [5.74, 6) is 0.931. The van der Waals surface area contributed by atoms with Gasteiger partial charge >= 0.3 is 0 Å². The molecule has 2 aromatic heterocycles. The Bertz CT molecular complexity index is 690. The van der Waals surface area contributed by atoms with Crippen molar-refractivity contribution in [1.29, 1.82) is 0 Å². The Balaban J connectivity index is 1.44. The monoisotopic (exact) mass is 331 g/mol. The maximum Gasteiger partial charge on any atom is 0.138 e. The number of aromatic nitrogens is 3. The molecule has 0 aliphatic carbocycles. The summed E-state index contributed by atoms with van der Waals surface area (Å²) in [5, 5.41) is 8.35. The first-order valence-electron chi connectivity index (χ1n) is 8.57. The lowest BCUT2D eigenvalue weighted by Crippen LogP contribution is -2.50. The third-order valence-corrected chi connectivity index (χ3v) is 5.20. The van der Waals surface area contributed by atoms with Gasteiger partial charge in [0.25, 0.3) is 0 Å². The summed E-state index contributed by atoms with van der Waals surface area (Å²) in [6.45, 7) is 9.62. The lowest BCUT2D eigenvalue weighted by atomic mass is 10.1. The van der Waals surface area contributed by atoms with Gasteiger partial charge in [0.15, 0.2) is 0 Å². The fourth-order valence-corrected chi connectivity index (χ4v) is 3.90. The van der Waals surface area contributed by atoms with Crippen molar-refractivity contribution in [1.82, 2.24) is 24.7 Å². The SMILES string of the molecule is Cc1noc(C)c1CN1CCO[C@H]2CN(Cc3cnn(C)c3)C[C@H]21. The molecule has 4 heterocycles. The minimum Gasteiger partial charge on any atom is -0.374 e. The van der Waals surface area contributed by atoms with E-state index in [-0.39, 0.29) is 6.10 Å². The molecule has 0 N–H and O–H groups in total. The molecule has 2 aromatic rings. The Labute approximate surface area is 142 Å². The van der Waals surface area contributed by atoms with Crippen molar-refractivity contribution in [2.45, 2.75) is 39.1 Å². The van der Waals surface area contributed by atoms with Crippen molar-refractivity contribution in [3.63, 3.8) is 0 Å². The van der Waals surface area contributed by atoms with Crippen LogP contribution in [0.5, 0.6) is 0 Å². The number of nitrogens with zero attached hydrogens (tertiary/aromatic N) is 5. The van der Waals surface area contributed by atoms with Crippen LogP contribution >= 0.6 is 0 Å². The van der Waals surface area contributed by atoms with Crippen LogP contribution in [-0.2, 0) is 24.9 Å². The van der Waals surface area contributed by atoms with E-state index in [1.807, 2.05) is 31.8 Å². The van der Waals surface area contributed by atoms with Crippen molar-refractivity contribution in [3.8, 4) is 0 Å². The first-order chi connectivity index (χ1) is 11.6. The van der Waals surface area contributed by atoms with Gasteiger partial charge in [0.05, 0.1) is 30.6 Å². The second-order valence-corrected chi connectivity index (χ2v) is 6.97. The van der Waals surface area contributed by atoms with Crippen LogP contribution in [0.25, 0.3) is 0 Å². The summed E-state index contributed by atoms with van der Waals surface area (Å²) in [6.07, 6.45) is 4.32. The molecule has 4 rings (SSSR count). The summed E-state index contributed by atoms with van der Waals surface area (Å²) in [5.41, 5.74) is 3.48. The van der Waals surface area contributed by atoms with E-state index in [2.05, 4.69) is 26.3 Å². The van der Waals surface area contributed by atoms with E-state index < -0.39 is 0 Å². The average molecular weight is 331 g/mol. The summed E-state index contributed by atoms with van der Waals surface area (Å²) in [7, 11) is 1.96. The van der Waals surface area contributed by atoms with Gasteiger partial charge < -0.3 is 9.26 Å². The van der Waals surface area contributed by atoms with Crippen molar-refractivity contribution in [2.75, 3.05) is 26.2 Å². The molecule has 7 heteroatoms. The fourth-order valence-electron chi connectivity index (χ4n) is 3.90. The number of aryl methyl sites for hydroxylation is 3. The van der Waals surface area contributed by atoms with Crippen LogP contribution in [0.1, 0.15) is 22.6 Å². The maximum absolute atomic E-state index is 6.04. The predicted molar refractivity (Wildman–Crippen MR) is 88.4 cm³/mol. The molecule has 2 atom stereocenters. The molecule has 0 amide bonds. The normalized spacial score (nSPS) is 25.3. The smallest absolute Gasteiger partial charge is 0.138 e. The first kappa shape index (κ1) is 15.8. The molecular formula is C17H25N5O2. The summed E-state index contributed by atoms with van der Waals surface area (Å²) in [6, 6.07) is 0.434. The molecule has 2 aliphatic heterocycles. The van der Waals surface area contributed by atoms with Crippen LogP contribution in [-0.4, -0.2) is 63.1 Å². The van der Waals surface area contributed by atoms with E-state index in [0.29, 0.717) is 6.04 Å². The van der Waals surface area contributed by atoms with Gasteiger partial charge in [0, 0.05) is 57.1 Å². The van der Waals surface area contributed by atoms with E-state index in [4.69, 9.17) is 9.26 Å². The van der Waals surface area contributed by atoms with Gasteiger partial charge in [-0.15, -0.1) is 0 Å². The van der Waals surface area contributed by atoms with Crippen LogP contribution in [0.2, 0.25) is 0 Å². The third kappa shape index (κ3) is 2.99. The number of hydrogen-bond acceptors (Lipinski definition) is 6. The first-order valence-corrected chi connectivity index (χ1v) is 8.57. The molecule has 0 radical (unpaired) electrons. The molecule has 2 saturated heterocycles. The Morgan fingerprint density at radius 1 is 1.25 bits per heavy atom. The lowest BCUT2D eigenvalue weighted by Gasteiger charge is -2.36. The molecule has 2 fully saturated rings. The quantitative estimate of drug-likeness (QED) is 0.836. The van der Waals surface area contributed by atoms with Crippen LogP contribution in [0, 0.1) is 13.8 Å². The molecule has 24 heavy (non-hydrogen) atoms. The lowest BCUT2D eigenvalue weighted by molar-refractivity contribution is -0.0506. The van der Waals surface area contributed by atoms with E-state index >= 15 is 0 Å². The Kier molecular flexibility index (Phi) is 4.15. The number of morpholine rings is 1. The van der Waals surface area contributed by atoms with Crippen LogP contribution in [0.15, 0.2) is 16.9 Å². The topological polar surface area (TPSA) is 59.6 Å². The second kappa shape index (κ2) is 6.31. The summed E-state index contributed by atoms with van der Waals surface area (Å²) < 4.78 is 13.2. The average Bonchev–Trinajstić information content (AvgIpc) is 3.23. The molecule has 7 nitrogen and oxygen atoms in total.